The van der Waals surface area contributed by atoms with E-state index in [2.05, 4.69) is 10.3 Å². The Morgan fingerprint density at radius 2 is 1.96 bits per heavy atom. The van der Waals surface area contributed by atoms with Crippen molar-refractivity contribution in [3.8, 4) is 0 Å². The number of hydrogen-bond donors (Lipinski definition) is 2. The maximum absolute atomic E-state index is 13.5. The van der Waals surface area contributed by atoms with E-state index in [0.29, 0.717) is 18.5 Å². The first-order chi connectivity index (χ1) is 11.5. The van der Waals surface area contributed by atoms with Gasteiger partial charge in [-0.2, -0.15) is 0 Å². The second-order valence-electron chi connectivity index (χ2n) is 5.79. The summed E-state index contributed by atoms with van der Waals surface area (Å²) in [6.45, 7) is 2.34. The second kappa shape index (κ2) is 6.83. The minimum absolute atomic E-state index is 0.00810. The Hall–Kier alpha value is -2.69. The summed E-state index contributed by atoms with van der Waals surface area (Å²) < 4.78 is 27.0. The first-order valence-corrected chi connectivity index (χ1v) is 7.81. The van der Waals surface area contributed by atoms with Crippen LogP contribution >= 0.6 is 0 Å². The third kappa shape index (κ3) is 3.45. The van der Waals surface area contributed by atoms with Gasteiger partial charge in [0.15, 0.2) is 0 Å². The molecule has 0 saturated heterocycles. The molecule has 1 amide bonds. The summed E-state index contributed by atoms with van der Waals surface area (Å²) in [6.07, 6.45) is 0.590. The molecule has 3 nitrogen and oxygen atoms in total. The zero-order valence-corrected chi connectivity index (χ0v) is 13.3. The highest BCUT2D eigenvalue weighted by atomic mass is 19.1. The first-order valence-electron chi connectivity index (χ1n) is 7.81. The molecule has 2 N–H and O–H groups in total. The zero-order chi connectivity index (χ0) is 17.1. The van der Waals surface area contributed by atoms with Crippen LogP contribution in [0.25, 0.3) is 10.9 Å². The van der Waals surface area contributed by atoms with Crippen molar-refractivity contribution in [1.29, 1.82) is 0 Å². The Morgan fingerprint density at radius 1 is 1.17 bits per heavy atom. The summed E-state index contributed by atoms with van der Waals surface area (Å²) in [4.78, 5) is 15.2. The number of rotatable bonds is 5. The van der Waals surface area contributed by atoms with Crippen molar-refractivity contribution in [2.45, 2.75) is 19.8 Å². The van der Waals surface area contributed by atoms with Crippen LogP contribution in [-0.2, 0) is 17.6 Å². The number of halogens is 2. The summed E-state index contributed by atoms with van der Waals surface area (Å²) in [5, 5.41) is 3.62. The van der Waals surface area contributed by atoms with Crippen LogP contribution < -0.4 is 5.32 Å². The molecule has 0 fully saturated rings. The molecular weight excluding hydrogens is 310 g/mol. The summed E-state index contributed by atoms with van der Waals surface area (Å²) in [5.41, 5.74) is 3.19. The van der Waals surface area contributed by atoms with E-state index in [9.17, 15) is 13.6 Å². The Bertz CT molecular complexity index is 886. The lowest BCUT2D eigenvalue weighted by molar-refractivity contribution is -0.120. The second-order valence-corrected chi connectivity index (χ2v) is 5.79. The number of benzene rings is 2. The van der Waals surface area contributed by atoms with E-state index < -0.39 is 0 Å². The Balaban J connectivity index is 1.62. The van der Waals surface area contributed by atoms with Gasteiger partial charge in [0.05, 0.1) is 6.42 Å². The van der Waals surface area contributed by atoms with E-state index in [1.807, 2.05) is 6.92 Å². The molecule has 0 spiro atoms. The van der Waals surface area contributed by atoms with Crippen LogP contribution in [0.1, 0.15) is 16.8 Å². The molecule has 0 aliphatic heterocycles. The number of amides is 1. The Labute approximate surface area is 138 Å². The first kappa shape index (κ1) is 16.2. The van der Waals surface area contributed by atoms with Crippen LogP contribution in [0.3, 0.4) is 0 Å². The van der Waals surface area contributed by atoms with Crippen LogP contribution in [0.15, 0.2) is 42.5 Å². The van der Waals surface area contributed by atoms with E-state index in [0.717, 1.165) is 22.2 Å². The number of fused-ring (bicyclic) bond motifs is 1. The van der Waals surface area contributed by atoms with E-state index in [4.69, 9.17) is 0 Å². The summed E-state index contributed by atoms with van der Waals surface area (Å²) in [5.74, 6) is -0.897. The zero-order valence-electron chi connectivity index (χ0n) is 13.3. The van der Waals surface area contributed by atoms with Gasteiger partial charge in [-0.25, -0.2) is 8.78 Å². The van der Waals surface area contributed by atoms with Gasteiger partial charge in [0.2, 0.25) is 5.91 Å². The van der Waals surface area contributed by atoms with E-state index in [1.54, 1.807) is 24.3 Å². The van der Waals surface area contributed by atoms with E-state index >= 15 is 0 Å². The maximum atomic E-state index is 13.5. The molecular formula is C19H18F2N2O. The van der Waals surface area contributed by atoms with Gasteiger partial charge in [0.25, 0.3) is 0 Å². The van der Waals surface area contributed by atoms with Crippen molar-refractivity contribution in [3.63, 3.8) is 0 Å². The van der Waals surface area contributed by atoms with Crippen molar-refractivity contribution in [1.82, 2.24) is 10.3 Å². The number of carbonyl (C=O) groups is 1. The monoisotopic (exact) mass is 328 g/mol. The summed E-state index contributed by atoms with van der Waals surface area (Å²) in [7, 11) is 0. The molecule has 0 bridgehead atoms. The highest BCUT2D eigenvalue weighted by Crippen LogP contribution is 2.23. The molecule has 124 valence electrons. The standard InChI is InChI=1S/C19H18F2N2O/c1-12-15(16-11-14(20)6-7-18(16)23-12)8-9-22-19(24)10-13-4-2-3-5-17(13)21/h2-7,11,23H,8-10H2,1H3,(H,22,24). The van der Waals surface area contributed by atoms with Gasteiger partial charge >= 0.3 is 0 Å². The van der Waals surface area contributed by atoms with Gasteiger partial charge < -0.3 is 10.3 Å². The number of H-pyrrole nitrogens is 1. The third-order valence-electron chi connectivity index (χ3n) is 4.09. The third-order valence-corrected chi connectivity index (χ3v) is 4.09. The van der Waals surface area contributed by atoms with Gasteiger partial charge in [-0.3, -0.25) is 4.79 Å². The molecule has 24 heavy (non-hydrogen) atoms. The van der Waals surface area contributed by atoms with Crippen molar-refractivity contribution in [2.75, 3.05) is 6.54 Å². The van der Waals surface area contributed by atoms with E-state index in [1.165, 1.54) is 18.2 Å². The van der Waals surface area contributed by atoms with Crippen molar-refractivity contribution in [3.05, 3.63) is 70.9 Å². The molecule has 0 radical (unpaired) electrons. The lowest BCUT2D eigenvalue weighted by Gasteiger charge is -2.07. The topological polar surface area (TPSA) is 44.9 Å². The van der Waals surface area contributed by atoms with Gasteiger partial charge in [-0.05, 0) is 48.7 Å². The molecule has 0 aliphatic carbocycles. The Morgan fingerprint density at radius 3 is 2.75 bits per heavy atom. The minimum atomic E-state index is -0.379. The SMILES string of the molecule is Cc1[nH]c2ccc(F)cc2c1CCNC(=O)Cc1ccccc1F. The molecule has 0 aliphatic rings. The molecule has 3 rings (SSSR count). The Kier molecular flexibility index (Phi) is 4.60. The van der Waals surface area contributed by atoms with Gasteiger partial charge in [-0.1, -0.05) is 18.2 Å². The van der Waals surface area contributed by atoms with Crippen LogP contribution in [0.5, 0.6) is 0 Å². The predicted molar refractivity (Wildman–Crippen MR) is 89.8 cm³/mol. The molecule has 2 aromatic carbocycles. The van der Waals surface area contributed by atoms with Gasteiger partial charge in [0, 0.05) is 23.1 Å². The number of hydrogen-bond acceptors (Lipinski definition) is 1. The van der Waals surface area contributed by atoms with Crippen molar-refractivity contribution in [2.24, 2.45) is 0 Å². The molecule has 3 aromatic rings. The minimum Gasteiger partial charge on any atom is -0.358 e. The predicted octanol–water partition coefficient (Wildman–Crippen LogP) is 3.66. The lowest BCUT2D eigenvalue weighted by atomic mass is 10.1. The molecule has 1 heterocycles. The molecule has 0 saturated carbocycles. The molecule has 1 aromatic heterocycles. The van der Waals surface area contributed by atoms with Crippen LogP contribution in [-0.4, -0.2) is 17.4 Å². The number of aromatic amines is 1. The summed E-state index contributed by atoms with van der Waals surface area (Å²) in [6, 6.07) is 10.9. The number of nitrogens with one attached hydrogen (secondary N) is 2. The van der Waals surface area contributed by atoms with Crippen molar-refractivity contribution >= 4 is 16.8 Å². The number of aryl methyl sites for hydroxylation is 1. The normalized spacial score (nSPS) is 11.0. The highest BCUT2D eigenvalue weighted by molar-refractivity contribution is 5.85. The van der Waals surface area contributed by atoms with Gasteiger partial charge in [0.1, 0.15) is 11.6 Å². The van der Waals surface area contributed by atoms with Crippen LogP contribution in [0, 0.1) is 18.6 Å². The largest absolute Gasteiger partial charge is 0.358 e. The fourth-order valence-corrected chi connectivity index (χ4v) is 2.88. The van der Waals surface area contributed by atoms with E-state index in [-0.39, 0.29) is 24.0 Å². The number of aromatic nitrogens is 1. The maximum Gasteiger partial charge on any atom is 0.224 e. The molecule has 0 unspecified atom stereocenters. The van der Waals surface area contributed by atoms with Crippen LogP contribution in [0.4, 0.5) is 8.78 Å². The van der Waals surface area contributed by atoms with Gasteiger partial charge in [-0.15, -0.1) is 0 Å². The lowest BCUT2D eigenvalue weighted by Crippen LogP contribution is -2.27. The van der Waals surface area contributed by atoms with Crippen molar-refractivity contribution < 1.29 is 13.6 Å². The van der Waals surface area contributed by atoms with Crippen LogP contribution in [0.2, 0.25) is 0 Å². The average molecular weight is 328 g/mol. The molecule has 0 atom stereocenters. The highest BCUT2D eigenvalue weighted by Gasteiger charge is 2.11. The molecule has 5 heteroatoms. The fourth-order valence-electron chi connectivity index (χ4n) is 2.88. The average Bonchev–Trinajstić information content (AvgIpc) is 2.85. The fraction of sp³-hybridized carbons (Fsp3) is 0.211. The summed E-state index contributed by atoms with van der Waals surface area (Å²) >= 11 is 0. The smallest absolute Gasteiger partial charge is 0.224 e. The quantitative estimate of drug-likeness (QED) is 0.738. The number of carbonyl (C=O) groups excluding carboxylic acids is 1.